The van der Waals surface area contributed by atoms with Crippen LogP contribution in [-0.2, 0) is 27.4 Å². The molecular formula is C36H29NO4. The molecule has 0 aromatic heterocycles. The van der Waals surface area contributed by atoms with Gasteiger partial charge in [0.05, 0.1) is 5.70 Å². The monoisotopic (exact) mass is 539 g/mol. The Morgan fingerprint density at radius 3 is 2.34 bits per heavy atom. The van der Waals surface area contributed by atoms with Gasteiger partial charge in [-0.1, -0.05) is 67.8 Å². The van der Waals surface area contributed by atoms with Crippen LogP contribution in [0.15, 0.2) is 116 Å². The minimum absolute atomic E-state index is 0.170. The molecule has 2 aliphatic rings. The third kappa shape index (κ3) is 4.98. The van der Waals surface area contributed by atoms with Gasteiger partial charge in [-0.15, -0.1) is 0 Å². The maximum atomic E-state index is 11.9. The van der Waals surface area contributed by atoms with Crippen molar-refractivity contribution >= 4 is 45.4 Å². The number of rotatable bonds is 8. The highest BCUT2D eigenvalue weighted by Gasteiger charge is 2.27. The summed E-state index contributed by atoms with van der Waals surface area (Å²) in [6.07, 6.45) is 7.55. The minimum atomic E-state index is -0.502. The molecule has 0 spiro atoms. The maximum absolute atomic E-state index is 11.9. The molecule has 0 amide bonds. The molecule has 6 rings (SSSR count). The van der Waals surface area contributed by atoms with E-state index < -0.39 is 11.9 Å². The lowest BCUT2D eigenvalue weighted by Crippen LogP contribution is -2.19. The Bertz CT molecular complexity index is 1780. The first-order chi connectivity index (χ1) is 19.9. The second-order valence-corrected chi connectivity index (χ2v) is 10.2. The number of esters is 2. The second kappa shape index (κ2) is 10.8. The molecule has 2 aliphatic carbocycles. The predicted octanol–water partition coefficient (Wildman–Crippen LogP) is 8.07. The Hall–Kier alpha value is -5.16. The molecule has 0 fully saturated rings. The molecule has 202 valence electrons. The van der Waals surface area contributed by atoms with E-state index in [0.29, 0.717) is 11.3 Å². The quantitative estimate of drug-likeness (QED) is 0.129. The van der Waals surface area contributed by atoms with Crippen LogP contribution in [-0.4, -0.2) is 11.9 Å². The number of carbonyl (C=O) groups excluding carboxylic acids is 2. The second-order valence-electron chi connectivity index (χ2n) is 10.2. The van der Waals surface area contributed by atoms with Crippen molar-refractivity contribution < 1.29 is 19.1 Å². The SMILES string of the molecule is C=CC(=O)Oc1ccc(N(C2=CCC3=CCc4cccc5ccc2c3c45)c2ccc(COC(=O)C(=C)C)cc2)cc1. The van der Waals surface area contributed by atoms with Crippen LogP contribution < -0.4 is 9.64 Å². The summed E-state index contributed by atoms with van der Waals surface area (Å²) in [6.45, 7) is 8.92. The van der Waals surface area contributed by atoms with Crippen molar-refractivity contribution in [2.45, 2.75) is 26.4 Å². The van der Waals surface area contributed by atoms with E-state index in [0.717, 1.165) is 41.6 Å². The molecule has 0 bridgehead atoms. The number of carbonyl (C=O) groups is 2. The number of hydrogen-bond donors (Lipinski definition) is 0. The lowest BCUT2D eigenvalue weighted by atomic mass is 9.80. The van der Waals surface area contributed by atoms with Gasteiger partial charge >= 0.3 is 11.9 Å². The zero-order valence-electron chi connectivity index (χ0n) is 22.9. The van der Waals surface area contributed by atoms with E-state index in [1.165, 1.54) is 33.0 Å². The van der Waals surface area contributed by atoms with Gasteiger partial charge in [-0.2, -0.15) is 0 Å². The molecule has 0 atom stereocenters. The molecular weight excluding hydrogens is 510 g/mol. The number of anilines is 2. The first kappa shape index (κ1) is 26.1. The van der Waals surface area contributed by atoms with E-state index in [-0.39, 0.29) is 6.61 Å². The number of ether oxygens (including phenoxy) is 2. The normalized spacial score (nSPS) is 13.1. The van der Waals surface area contributed by atoms with Crippen molar-refractivity contribution in [1.29, 1.82) is 0 Å². The predicted molar refractivity (Wildman–Crippen MR) is 164 cm³/mol. The molecule has 4 aromatic rings. The van der Waals surface area contributed by atoms with E-state index in [4.69, 9.17) is 9.47 Å². The lowest BCUT2D eigenvalue weighted by Gasteiger charge is -2.34. The van der Waals surface area contributed by atoms with Gasteiger partial charge in [0.25, 0.3) is 0 Å². The largest absolute Gasteiger partial charge is 0.457 e. The van der Waals surface area contributed by atoms with Gasteiger partial charge in [0.15, 0.2) is 0 Å². The maximum Gasteiger partial charge on any atom is 0.335 e. The molecule has 0 aliphatic heterocycles. The first-order valence-corrected chi connectivity index (χ1v) is 13.5. The smallest absolute Gasteiger partial charge is 0.335 e. The summed E-state index contributed by atoms with van der Waals surface area (Å²) in [6, 6.07) is 26.4. The summed E-state index contributed by atoms with van der Waals surface area (Å²) in [4.78, 5) is 25.8. The third-order valence-corrected chi connectivity index (χ3v) is 7.45. The molecule has 4 aromatic carbocycles. The van der Waals surface area contributed by atoms with Gasteiger partial charge in [0.1, 0.15) is 12.4 Å². The van der Waals surface area contributed by atoms with Gasteiger partial charge in [-0.05, 0) is 89.2 Å². The van der Waals surface area contributed by atoms with Crippen LogP contribution in [0.1, 0.15) is 35.6 Å². The number of hydrogen-bond acceptors (Lipinski definition) is 5. The highest BCUT2D eigenvalue weighted by Crippen LogP contribution is 2.46. The van der Waals surface area contributed by atoms with Crippen molar-refractivity contribution in [2.24, 2.45) is 0 Å². The molecule has 0 heterocycles. The zero-order valence-corrected chi connectivity index (χ0v) is 22.9. The summed E-state index contributed by atoms with van der Waals surface area (Å²) in [7, 11) is 0. The molecule has 0 saturated heterocycles. The van der Waals surface area contributed by atoms with E-state index in [1.807, 2.05) is 36.4 Å². The molecule has 0 N–H and O–H groups in total. The van der Waals surface area contributed by atoms with Gasteiger partial charge in [-0.25, -0.2) is 9.59 Å². The highest BCUT2D eigenvalue weighted by molar-refractivity contribution is 6.06. The molecule has 0 saturated carbocycles. The molecule has 41 heavy (non-hydrogen) atoms. The summed E-state index contributed by atoms with van der Waals surface area (Å²) in [5.41, 5.74) is 9.36. The fourth-order valence-corrected chi connectivity index (χ4v) is 5.48. The van der Waals surface area contributed by atoms with Crippen LogP contribution in [0.3, 0.4) is 0 Å². The van der Waals surface area contributed by atoms with Crippen LogP contribution in [0.4, 0.5) is 11.4 Å². The van der Waals surface area contributed by atoms with E-state index >= 15 is 0 Å². The molecule has 5 nitrogen and oxygen atoms in total. The Morgan fingerprint density at radius 1 is 0.902 bits per heavy atom. The third-order valence-electron chi connectivity index (χ3n) is 7.45. The van der Waals surface area contributed by atoms with Crippen molar-refractivity contribution in [3.63, 3.8) is 0 Å². The van der Waals surface area contributed by atoms with Crippen molar-refractivity contribution in [2.75, 3.05) is 4.90 Å². The summed E-state index contributed by atoms with van der Waals surface area (Å²) in [5.74, 6) is -0.465. The van der Waals surface area contributed by atoms with E-state index in [9.17, 15) is 9.59 Å². The number of nitrogens with zero attached hydrogens (tertiary/aromatic N) is 1. The van der Waals surface area contributed by atoms with Crippen molar-refractivity contribution in [3.8, 4) is 5.75 Å². The summed E-state index contributed by atoms with van der Waals surface area (Å²) < 4.78 is 10.7. The number of benzene rings is 4. The topological polar surface area (TPSA) is 55.8 Å². The molecule has 0 radical (unpaired) electrons. The Balaban J connectivity index is 1.43. The first-order valence-electron chi connectivity index (χ1n) is 13.5. The Labute approximate surface area is 239 Å². The molecule has 5 heteroatoms. The fraction of sp³-hybridized carbons (Fsp3) is 0.111. The molecule has 0 unspecified atom stereocenters. The van der Waals surface area contributed by atoms with Gasteiger partial charge in [0.2, 0.25) is 0 Å². The zero-order chi connectivity index (χ0) is 28.5. The minimum Gasteiger partial charge on any atom is -0.457 e. The van der Waals surface area contributed by atoms with Gasteiger partial charge < -0.3 is 14.4 Å². The van der Waals surface area contributed by atoms with Gasteiger partial charge in [-0.3, -0.25) is 0 Å². The van der Waals surface area contributed by atoms with Crippen molar-refractivity contribution in [3.05, 3.63) is 138 Å². The summed E-state index contributed by atoms with van der Waals surface area (Å²) >= 11 is 0. The Kier molecular flexibility index (Phi) is 6.86. The average Bonchev–Trinajstić information content (AvgIpc) is 3.00. The van der Waals surface area contributed by atoms with Gasteiger partial charge in [0, 0.05) is 28.6 Å². The Morgan fingerprint density at radius 2 is 1.63 bits per heavy atom. The fourth-order valence-electron chi connectivity index (χ4n) is 5.48. The lowest BCUT2D eigenvalue weighted by molar-refractivity contribution is -0.140. The van der Waals surface area contributed by atoms with Crippen LogP contribution in [0.5, 0.6) is 5.75 Å². The van der Waals surface area contributed by atoms with E-state index in [2.05, 4.69) is 60.5 Å². The van der Waals surface area contributed by atoms with Crippen LogP contribution in [0.25, 0.3) is 22.0 Å². The standard InChI is InChI=1S/C36H29NO4/c1-4-33(38)41-30-18-16-29(17-19-30)37(28-14-8-24(9-15-28)22-40-36(39)23(2)3)32-21-13-27-11-10-25-6-5-7-26-12-20-31(32)35(27)34(25)26/h4-9,11-12,14-21H,1-2,10,13,22H2,3H3. The van der Waals surface area contributed by atoms with Crippen molar-refractivity contribution in [1.82, 2.24) is 0 Å². The number of allylic oxidation sites excluding steroid dienone is 3. The van der Waals surface area contributed by atoms with Crippen LogP contribution in [0.2, 0.25) is 0 Å². The summed E-state index contributed by atoms with van der Waals surface area (Å²) in [5, 5.41) is 2.58. The average molecular weight is 540 g/mol. The van der Waals surface area contributed by atoms with E-state index in [1.54, 1.807) is 19.1 Å². The van der Waals surface area contributed by atoms with Crippen LogP contribution in [0, 0.1) is 0 Å². The highest BCUT2D eigenvalue weighted by atomic mass is 16.5. The van der Waals surface area contributed by atoms with Crippen LogP contribution >= 0.6 is 0 Å².